The van der Waals surface area contributed by atoms with Crippen LogP contribution >= 0.6 is 11.6 Å². The van der Waals surface area contributed by atoms with Gasteiger partial charge in [-0.3, -0.25) is 0 Å². The van der Waals surface area contributed by atoms with Crippen LogP contribution in [0, 0.1) is 5.92 Å². The molecule has 0 saturated carbocycles. The molecule has 92 valence electrons. The summed E-state index contributed by atoms with van der Waals surface area (Å²) in [6, 6.07) is 0. The number of alkyl halides is 1. The lowest BCUT2D eigenvalue weighted by Gasteiger charge is -2.08. The summed E-state index contributed by atoms with van der Waals surface area (Å²) in [5.41, 5.74) is 0. The zero-order valence-corrected chi connectivity index (χ0v) is 10.9. The number of hydrogen-bond acceptors (Lipinski definition) is 3. The molecular formula is C9H20ClNO3S. The topological polar surface area (TPSA) is 55.4 Å². The van der Waals surface area contributed by atoms with Crippen LogP contribution in [0.3, 0.4) is 0 Å². The largest absolute Gasteiger partial charge is 0.379 e. The molecule has 0 heterocycles. The number of hydrogen-bond donors (Lipinski definition) is 1. The van der Waals surface area contributed by atoms with E-state index < -0.39 is 10.0 Å². The zero-order valence-electron chi connectivity index (χ0n) is 9.33. The van der Waals surface area contributed by atoms with Gasteiger partial charge in [0.1, 0.15) is 0 Å². The number of halogens is 1. The number of rotatable bonds is 9. The molecule has 0 saturated heterocycles. The van der Waals surface area contributed by atoms with Gasteiger partial charge in [0.2, 0.25) is 10.0 Å². The maximum atomic E-state index is 11.4. The van der Waals surface area contributed by atoms with Crippen molar-refractivity contribution in [3.8, 4) is 0 Å². The van der Waals surface area contributed by atoms with Gasteiger partial charge in [-0.2, -0.15) is 0 Å². The standard InChI is InChI=1S/C9H20ClNO3S/c1-9(2)3-8-15(12,13)11-5-7-14-6-4-10/h9,11H,3-8H2,1-2H3. The van der Waals surface area contributed by atoms with Crippen LogP contribution in [0.2, 0.25) is 0 Å². The van der Waals surface area contributed by atoms with Crippen molar-refractivity contribution in [1.29, 1.82) is 0 Å². The summed E-state index contributed by atoms with van der Waals surface area (Å²) in [7, 11) is -3.13. The van der Waals surface area contributed by atoms with Crippen molar-refractivity contribution < 1.29 is 13.2 Å². The lowest BCUT2D eigenvalue weighted by molar-refractivity contribution is 0.155. The van der Waals surface area contributed by atoms with Crippen LogP contribution in [-0.2, 0) is 14.8 Å². The Morgan fingerprint density at radius 2 is 2.00 bits per heavy atom. The summed E-state index contributed by atoms with van der Waals surface area (Å²) in [4.78, 5) is 0. The first-order valence-electron chi connectivity index (χ1n) is 5.09. The van der Waals surface area contributed by atoms with Gasteiger partial charge < -0.3 is 4.74 Å². The molecule has 0 spiro atoms. The summed E-state index contributed by atoms with van der Waals surface area (Å²) < 4.78 is 30.3. The Morgan fingerprint density at radius 1 is 1.33 bits per heavy atom. The third-order valence-corrected chi connectivity index (χ3v) is 3.33. The molecule has 15 heavy (non-hydrogen) atoms. The molecule has 0 unspecified atom stereocenters. The first-order valence-corrected chi connectivity index (χ1v) is 7.27. The van der Waals surface area contributed by atoms with Crippen LogP contribution in [0.15, 0.2) is 0 Å². The van der Waals surface area contributed by atoms with E-state index in [1.54, 1.807) is 0 Å². The summed E-state index contributed by atoms with van der Waals surface area (Å²) >= 11 is 5.39. The second kappa shape index (κ2) is 8.33. The summed E-state index contributed by atoms with van der Waals surface area (Å²) in [5, 5.41) is 0. The molecule has 0 aliphatic carbocycles. The smallest absolute Gasteiger partial charge is 0.211 e. The van der Waals surface area contributed by atoms with Crippen LogP contribution in [0.5, 0.6) is 0 Å². The molecule has 0 atom stereocenters. The molecule has 6 heteroatoms. The predicted octanol–water partition coefficient (Wildman–Crippen LogP) is 1.21. The van der Waals surface area contributed by atoms with Gasteiger partial charge in [0.25, 0.3) is 0 Å². The van der Waals surface area contributed by atoms with E-state index in [-0.39, 0.29) is 5.75 Å². The second-order valence-corrected chi connectivity index (χ2v) is 6.00. The minimum atomic E-state index is -3.13. The number of nitrogens with one attached hydrogen (secondary N) is 1. The fraction of sp³-hybridized carbons (Fsp3) is 1.00. The maximum absolute atomic E-state index is 11.4. The van der Waals surface area contributed by atoms with Crippen molar-refractivity contribution in [3.63, 3.8) is 0 Å². The van der Waals surface area contributed by atoms with Crippen molar-refractivity contribution in [2.45, 2.75) is 20.3 Å². The molecule has 0 aromatic carbocycles. The monoisotopic (exact) mass is 257 g/mol. The van der Waals surface area contributed by atoms with Crippen LogP contribution in [0.4, 0.5) is 0 Å². The minimum Gasteiger partial charge on any atom is -0.379 e. The Morgan fingerprint density at radius 3 is 2.53 bits per heavy atom. The van der Waals surface area contributed by atoms with Crippen LogP contribution in [0.25, 0.3) is 0 Å². The van der Waals surface area contributed by atoms with E-state index in [0.717, 1.165) is 0 Å². The van der Waals surface area contributed by atoms with Crippen molar-refractivity contribution in [1.82, 2.24) is 4.72 Å². The van der Waals surface area contributed by atoms with Crippen LogP contribution in [0.1, 0.15) is 20.3 Å². The van der Waals surface area contributed by atoms with Crippen molar-refractivity contribution in [2.75, 3.05) is 31.4 Å². The molecule has 1 N–H and O–H groups in total. The Balaban J connectivity index is 3.56. The van der Waals surface area contributed by atoms with Crippen LogP contribution < -0.4 is 4.72 Å². The second-order valence-electron chi connectivity index (χ2n) is 3.70. The third-order valence-electron chi connectivity index (χ3n) is 1.75. The summed E-state index contributed by atoms with van der Waals surface area (Å²) in [5.74, 6) is 1.01. The predicted molar refractivity (Wildman–Crippen MR) is 62.8 cm³/mol. The molecular weight excluding hydrogens is 238 g/mol. The normalized spacial score (nSPS) is 12.3. The highest BCUT2D eigenvalue weighted by Gasteiger charge is 2.09. The van der Waals surface area contributed by atoms with Crippen molar-refractivity contribution >= 4 is 21.6 Å². The lowest BCUT2D eigenvalue weighted by Crippen LogP contribution is -2.30. The first kappa shape index (κ1) is 15.2. The lowest BCUT2D eigenvalue weighted by atomic mass is 10.2. The molecule has 0 radical (unpaired) electrons. The van der Waals surface area contributed by atoms with Crippen molar-refractivity contribution in [2.24, 2.45) is 5.92 Å². The van der Waals surface area contributed by atoms with Gasteiger partial charge in [-0.15, -0.1) is 11.6 Å². The molecule has 0 bridgehead atoms. The van der Waals surface area contributed by atoms with E-state index in [1.807, 2.05) is 13.8 Å². The van der Waals surface area contributed by atoms with E-state index in [1.165, 1.54) is 0 Å². The molecule has 0 fully saturated rings. The van der Waals surface area contributed by atoms with Gasteiger partial charge >= 0.3 is 0 Å². The molecule has 4 nitrogen and oxygen atoms in total. The first-order chi connectivity index (χ1) is 6.98. The van der Waals surface area contributed by atoms with E-state index in [9.17, 15) is 8.42 Å². The average Bonchev–Trinajstić information content (AvgIpc) is 2.15. The van der Waals surface area contributed by atoms with E-state index in [4.69, 9.17) is 16.3 Å². The summed E-state index contributed by atoms with van der Waals surface area (Å²) in [6.45, 7) is 5.14. The van der Waals surface area contributed by atoms with Crippen LogP contribution in [-0.4, -0.2) is 39.8 Å². The van der Waals surface area contributed by atoms with Gasteiger partial charge in [0, 0.05) is 12.4 Å². The fourth-order valence-corrected chi connectivity index (χ4v) is 2.32. The minimum absolute atomic E-state index is 0.181. The zero-order chi connectivity index (χ0) is 11.7. The van der Waals surface area contributed by atoms with Crippen molar-refractivity contribution in [3.05, 3.63) is 0 Å². The highest BCUT2D eigenvalue weighted by Crippen LogP contribution is 2.01. The van der Waals surface area contributed by atoms with Gasteiger partial charge in [0.15, 0.2) is 0 Å². The molecule has 0 aromatic heterocycles. The highest BCUT2D eigenvalue weighted by atomic mass is 35.5. The highest BCUT2D eigenvalue weighted by molar-refractivity contribution is 7.89. The Bertz CT molecular complexity index is 242. The van der Waals surface area contributed by atoms with E-state index >= 15 is 0 Å². The quantitative estimate of drug-likeness (QED) is 0.499. The molecule has 0 aliphatic heterocycles. The fourth-order valence-electron chi connectivity index (χ4n) is 0.889. The Hall–Kier alpha value is 0.160. The Kier molecular flexibility index (Phi) is 8.42. The molecule has 0 rings (SSSR count). The maximum Gasteiger partial charge on any atom is 0.211 e. The molecule has 0 amide bonds. The summed E-state index contributed by atoms with van der Waals surface area (Å²) in [6.07, 6.45) is 0.678. The van der Waals surface area contributed by atoms with Gasteiger partial charge in [-0.25, -0.2) is 13.1 Å². The van der Waals surface area contributed by atoms with Gasteiger partial charge in [-0.05, 0) is 12.3 Å². The molecule has 0 aromatic rings. The molecule has 0 aliphatic rings. The number of ether oxygens (including phenoxy) is 1. The Labute approximate surface area is 97.4 Å². The van der Waals surface area contributed by atoms with Gasteiger partial charge in [0.05, 0.1) is 19.0 Å². The van der Waals surface area contributed by atoms with Gasteiger partial charge in [-0.1, -0.05) is 13.8 Å². The SMILES string of the molecule is CC(C)CCS(=O)(=O)NCCOCCCl. The van der Waals surface area contributed by atoms with E-state index in [0.29, 0.717) is 38.0 Å². The average molecular weight is 258 g/mol. The number of sulfonamides is 1. The van der Waals surface area contributed by atoms with E-state index in [2.05, 4.69) is 4.72 Å². The third kappa shape index (κ3) is 10.4.